The molecule has 1 unspecified atom stereocenters. The van der Waals surface area contributed by atoms with Gasteiger partial charge in [0.1, 0.15) is 12.4 Å². The fraction of sp³-hybridized carbons (Fsp3) is 0.184. The Balaban J connectivity index is 1.43. The molecule has 0 aliphatic carbocycles. The summed E-state index contributed by atoms with van der Waals surface area (Å²) in [5.41, 5.74) is 5.67. The van der Waals surface area contributed by atoms with Gasteiger partial charge in [-0.1, -0.05) is 78.3 Å². The molecule has 0 spiro atoms. The molecule has 210 valence electrons. The van der Waals surface area contributed by atoms with Crippen LogP contribution in [0.1, 0.15) is 47.2 Å². The third-order valence-corrected chi connectivity index (χ3v) is 6.12. The molecule has 4 rings (SSSR count). The second-order valence-corrected chi connectivity index (χ2v) is 9.33. The number of benzene rings is 4. The highest BCUT2D eigenvalue weighted by molar-refractivity contribution is 5.75. The first-order chi connectivity index (χ1) is 20.6. The summed E-state index contributed by atoms with van der Waals surface area (Å²) in [5.74, 6) is 13.4. The predicted molar refractivity (Wildman–Crippen MR) is 168 cm³/mol. The number of rotatable bonds is 10. The Kier molecular flexibility index (Phi) is 11.6. The summed E-state index contributed by atoms with van der Waals surface area (Å²) in [7, 11) is 0. The zero-order valence-corrected chi connectivity index (χ0v) is 24.0. The van der Waals surface area contributed by atoms with Crippen LogP contribution in [0.5, 0.6) is 5.75 Å². The average molecular weight is 555 g/mol. The molecular weight excluding hydrogens is 520 g/mol. The third-order valence-electron chi connectivity index (χ3n) is 6.12. The van der Waals surface area contributed by atoms with E-state index in [1.165, 1.54) is 0 Å². The molecule has 1 atom stereocenters. The molecular formula is C38H34O4. The van der Waals surface area contributed by atoms with Crippen LogP contribution in [0.4, 0.5) is 0 Å². The van der Waals surface area contributed by atoms with E-state index in [9.17, 15) is 4.79 Å². The van der Waals surface area contributed by atoms with Gasteiger partial charge in [0.25, 0.3) is 0 Å². The minimum atomic E-state index is -0.611. The summed E-state index contributed by atoms with van der Waals surface area (Å²) in [6, 6.07) is 33.7. The zero-order chi connectivity index (χ0) is 29.4. The maximum Gasteiger partial charge on any atom is 0.335 e. The van der Waals surface area contributed by atoms with Crippen molar-refractivity contribution in [2.75, 3.05) is 19.8 Å². The van der Waals surface area contributed by atoms with Gasteiger partial charge in [0.2, 0.25) is 0 Å². The fourth-order valence-electron chi connectivity index (χ4n) is 4.13. The van der Waals surface area contributed by atoms with Gasteiger partial charge in [-0.2, -0.15) is 0 Å². The number of carbonyl (C=O) groups excluding carboxylic acids is 1. The molecule has 0 fully saturated rings. The van der Waals surface area contributed by atoms with Crippen molar-refractivity contribution >= 4 is 12.0 Å². The molecule has 0 saturated heterocycles. The highest BCUT2D eigenvalue weighted by atomic mass is 16.6. The van der Waals surface area contributed by atoms with E-state index in [1.54, 1.807) is 6.92 Å². The van der Waals surface area contributed by atoms with Crippen LogP contribution in [0.2, 0.25) is 0 Å². The quantitative estimate of drug-likeness (QED) is 0.155. The Labute approximate surface area is 249 Å². The average Bonchev–Trinajstić information content (AvgIpc) is 3.03. The first-order valence-electron chi connectivity index (χ1n) is 14.1. The van der Waals surface area contributed by atoms with Crippen LogP contribution in [-0.4, -0.2) is 31.9 Å². The maximum absolute atomic E-state index is 12.1. The summed E-state index contributed by atoms with van der Waals surface area (Å²) < 4.78 is 16.6. The van der Waals surface area contributed by atoms with Crippen LogP contribution in [-0.2, 0) is 20.7 Å². The molecule has 4 nitrogen and oxygen atoms in total. The van der Waals surface area contributed by atoms with Crippen molar-refractivity contribution in [2.24, 2.45) is 0 Å². The molecule has 4 aromatic carbocycles. The van der Waals surface area contributed by atoms with Crippen LogP contribution in [0, 0.1) is 23.7 Å². The Morgan fingerprint density at radius 1 is 0.714 bits per heavy atom. The largest absolute Gasteiger partial charge is 0.490 e. The van der Waals surface area contributed by atoms with E-state index in [0.29, 0.717) is 26.2 Å². The lowest BCUT2D eigenvalue weighted by molar-refractivity contribution is -0.156. The zero-order valence-electron chi connectivity index (χ0n) is 24.0. The molecule has 4 heteroatoms. The smallest absolute Gasteiger partial charge is 0.335 e. The summed E-state index contributed by atoms with van der Waals surface area (Å²) in [4.78, 5) is 12.1. The molecule has 0 aromatic heterocycles. The highest BCUT2D eigenvalue weighted by Crippen LogP contribution is 2.16. The molecule has 42 heavy (non-hydrogen) atoms. The van der Waals surface area contributed by atoms with Crippen molar-refractivity contribution in [3.05, 3.63) is 143 Å². The standard InChI is InChI=1S/C38H34O4/c1-3-40-37(38(39)41-4-2)29-32-21-23-36(24-22-32)42-25-11-16-33-26-34(19-17-30-12-7-5-8-13-30)28-35(27-33)20-18-31-14-9-6-10-15-31/h5-16,21-24,26-28,37H,3-4,25,29H2,1-2H3. The predicted octanol–water partition coefficient (Wildman–Crippen LogP) is 7.09. The molecule has 0 amide bonds. The van der Waals surface area contributed by atoms with E-state index in [-0.39, 0.29) is 5.97 Å². The van der Waals surface area contributed by atoms with E-state index >= 15 is 0 Å². The van der Waals surface area contributed by atoms with Crippen molar-refractivity contribution in [2.45, 2.75) is 26.4 Å². The molecule has 0 heterocycles. The number of esters is 1. The van der Waals surface area contributed by atoms with Gasteiger partial charge in [-0.15, -0.1) is 0 Å². The van der Waals surface area contributed by atoms with Crippen LogP contribution in [0.3, 0.4) is 0 Å². The van der Waals surface area contributed by atoms with Gasteiger partial charge in [0.15, 0.2) is 6.10 Å². The van der Waals surface area contributed by atoms with E-state index in [2.05, 4.69) is 23.7 Å². The molecule has 0 saturated carbocycles. The van der Waals surface area contributed by atoms with Gasteiger partial charge < -0.3 is 14.2 Å². The summed E-state index contributed by atoms with van der Waals surface area (Å²) in [5, 5.41) is 0. The van der Waals surface area contributed by atoms with Crippen LogP contribution in [0.15, 0.2) is 109 Å². The second-order valence-electron chi connectivity index (χ2n) is 9.33. The summed E-state index contributed by atoms with van der Waals surface area (Å²) in [6.45, 7) is 4.83. The monoisotopic (exact) mass is 554 g/mol. The molecule has 0 aliphatic rings. The van der Waals surface area contributed by atoms with Gasteiger partial charge in [0, 0.05) is 35.3 Å². The number of carbonyl (C=O) groups is 1. The molecule has 0 bridgehead atoms. The topological polar surface area (TPSA) is 44.8 Å². The van der Waals surface area contributed by atoms with Crippen molar-refractivity contribution in [3.8, 4) is 29.4 Å². The van der Waals surface area contributed by atoms with Gasteiger partial charge in [-0.25, -0.2) is 4.79 Å². The van der Waals surface area contributed by atoms with E-state index in [1.807, 2.05) is 122 Å². The van der Waals surface area contributed by atoms with Crippen LogP contribution in [0.25, 0.3) is 6.08 Å². The lowest BCUT2D eigenvalue weighted by atomic mass is 10.0. The molecule has 0 aliphatic heterocycles. The Morgan fingerprint density at radius 3 is 1.83 bits per heavy atom. The number of hydrogen-bond donors (Lipinski definition) is 0. The lowest BCUT2D eigenvalue weighted by Gasteiger charge is -2.15. The minimum Gasteiger partial charge on any atom is -0.490 e. The third kappa shape index (κ3) is 9.86. The minimum absolute atomic E-state index is 0.330. The van der Waals surface area contributed by atoms with Crippen molar-refractivity contribution in [1.29, 1.82) is 0 Å². The van der Waals surface area contributed by atoms with Crippen LogP contribution < -0.4 is 4.74 Å². The second kappa shape index (κ2) is 16.3. The first kappa shape index (κ1) is 29.9. The Hall–Kier alpha value is -5.03. The van der Waals surface area contributed by atoms with Gasteiger partial charge in [-0.05, 0) is 85.6 Å². The Bertz CT molecular complexity index is 1510. The summed E-state index contributed by atoms with van der Waals surface area (Å²) >= 11 is 0. The summed E-state index contributed by atoms with van der Waals surface area (Å²) in [6.07, 6.45) is 3.83. The van der Waals surface area contributed by atoms with Gasteiger partial charge >= 0.3 is 5.97 Å². The van der Waals surface area contributed by atoms with E-state index in [0.717, 1.165) is 39.1 Å². The normalized spacial score (nSPS) is 11.1. The van der Waals surface area contributed by atoms with E-state index < -0.39 is 6.10 Å². The maximum atomic E-state index is 12.1. The molecule has 0 N–H and O–H groups in total. The van der Waals surface area contributed by atoms with Crippen molar-refractivity contribution < 1.29 is 19.0 Å². The van der Waals surface area contributed by atoms with Crippen molar-refractivity contribution in [1.82, 2.24) is 0 Å². The first-order valence-corrected chi connectivity index (χ1v) is 14.1. The SMILES string of the molecule is CCOC(=O)C(Cc1ccc(OCC=Cc2cc(C#Cc3ccccc3)cc(C#Cc3ccccc3)c2)cc1)OCC. The molecule has 4 aromatic rings. The number of ether oxygens (including phenoxy) is 3. The fourth-order valence-corrected chi connectivity index (χ4v) is 4.13. The van der Waals surface area contributed by atoms with Gasteiger partial charge in [0.05, 0.1) is 6.61 Å². The van der Waals surface area contributed by atoms with Crippen LogP contribution >= 0.6 is 0 Å². The Morgan fingerprint density at radius 2 is 1.29 bits per heavy atom. The number of hydrogen-bond acceptors (Lipinski definition) is 4. The highest BCUT2D eigenvalue weighted by Gasteiger charge is 2.20. The van der Waals surface area contributed by atoms with E-state index in [4.69, 9.17) is 14.2 Å². The lowest BCUT2D eigenvalue weighted by Crippen LogP contribution is -2.28. The molecule has 0 radical (unpaired) electrons. The van der Waals surface area contributed by atoms with Crippen molar-refractivity contribution in [3.63, 3.8) is 0 Å². The van der Waals surface area contributed by atoms with Gasteiger partial charge in [-0.3, -0.25) is 0 Å².